The van der Waals surface area contributed by atoms with E-state index in [4.69, 9.17) is 0 Å². The van der Waals surface area contributed by atoms with Crippen molar-refractivity contribution in [3.63, 3.8) is 0 Å². The van der Waals surface area contributed by atoms with Gasteiger partial charge in [-0.05, 0) is 39.2 Å². The summed E-state index contributed by atoms with van der Waals surface area (Å²) in [7, 11) is 0. The molecule has 1 aliphatic rings. The van der Waals surface area contributed by atoms with E-state index in [1.807, 2.05) is 11.3 Å². The summed E-state index contributed by atoms with van der Waals surface area (Å²) in [5, 5.41) is 0. The van der Waals surface area contributed by atoms with Crippen LogP contribution in [0.15, 0.2) is 24.3 Å². The van der Waals surface area contributed by atoms with Crippen LogP contribution in [-0.2, 0) is 16.2 Å². The molecular formula is C21H28S. The van der Waals surface area contributed by atoms with E-state index in [1.165, 1.54) is 32.0 Å². The lowest BCUT2D eigenvalue weighted by molar-refractivity contribution is 0.584. The van der Waals surface area contributed by atoms with Gasteiger partial charge in [0.05, 0.1) is 0 Å². The Balaban J connectivity index is 2.21. The van der Waals surface area contributed by atoms with Crippen LogP contribution >= 0.6 is 11.3 Å². The maximum Gasteiger partial charge on any atom is 0.0389 e. The number of thiophene rings is 1. The van der Waals surface area contributed by atoms with Crippen LogP contribution in [0.1, 0.15) is 77.0 Å². The first-order valence-corrected chi connectivity index (χ1v) is 9.04. The molecule has 1 aliphatic carbocycles. The Kier molecular flexibility index (Phi) is 3.21. The third-order valence-electron chi connectivity index (χ3n) is 4.95. The predicted molar refractivity (Wildman–Crippen MR) is 99.3 cm³/mol. The molecule has 0 N–H and O–H groups in total. The Labute approximate surface area is 139 Å². The summed E-state index contributed by atoms with van der Waals surface area (Å²) < 4.78 is 0. The van der Waals surface area contributed by atoms with E-state index in [1.54, 1.807) is 0 Å². The molecule has 0 atom stereocenters. The molecule has 0 amide bonds. The molecule has 22 heavy (non-hydrogen) atoms. The molecule has 0 fully saturated rings. The van der Waals surface area contributed by atoms with E-state index in [0.29, 0.717) is 0 Å². The lowest BCUT2D eigenvalue weighted by Gasteiger charge is -2.25. The predicted octanol–water partition coefficient (Wildman–Crippen LogP) is 6.65. The number of hydrogen-bond acceptors (Lipinski definition) is 1. The second-order valence-electron chi connectivity index (χ2n) is 9.24. The van der Waals surface area contributed by atoms with E-state index in [-0.39, 0.29) is 16.2 Å². The zero-order valence-electron chi connectivity index (χ0n) is 15.2. The monoisotopic (exact) mass is 312 g/mol. The van der Waals surface area contributed by atoms with Gasteiger partial charge in [0.2, 0.25) is 0 Å². The van der Waals surface area contributed by atoms with E-state index in [0.717, 1.165) is 0 Å². The minimum atomic E-state index is 0.117. The molecule has 0 saturated heterocycles. The van der Waals surface area contributed by atoms with Gasteiger partial charge in [-0.15, -0.1) is 11.3 Å². The van der Waals surface area contributed by atoms with Crippen molar-refractivity contribution in [2.45, 2.75) is 71.6 Å². The molecule has 1 heteroatoms. The van der Waals surface area contributed by atoms with E-state index in [2.05, 4.69) is 79.7 Å². The van der Waals surface area contributed by atoms with Crippen molar-refractivity contribution in [2.24, 2.45) is 0 Å². The van der Waals surface area contributed by atoms with Crippen LogP contribution < -0.4 is 0 Å². The Morgan fingerprint density at radius 2 is 1.45 bits per heavy atom. The highest BCUT2D eigenvalue weighted by atomic mass is 32.1. The van der Waals surface area contributed by atoms with Gasteiger partial charge in [0.15, 0.2) is 0 Å². The molecule has 1 aromatic carbocycles. The van der Waals surface area contributed by atoms with Crippen molar-refractivity contribution >= 4 is 11.3 Å². The molecule has 0 spiro atoms. The van der Waals surface area contributed by atoms with Crippen LogP contribution in [0, 0.1) is 0 Å². The van der Waals surface area contributed by atoms with Gasteiger partial charge >= 0.3 is 0 Å². The summed E-state index contributed by atoms with van der Waals surface area (Å²) in [5.41, 5.74) is 6.46. The quantitative estimate of drug-likeness (QED) is 0.511. The Hall–Kier alpha value is -1.08. The Morgan fingerprint density at radius 3 is 2.00 bits per heavy atom. The molecule has 0 aliphatic heterocycles. The molecule has 0 radical (unpaired) electrons. The van der Waals surface area contributed by atoms with E-state index in [9.17, 15) is 0 Å². The maximum absolute atomic E-state index is 2.46. The first-order chi connectivity index (χ1) is 9.92. The van der Waals surface area contributed by atoms with Gasteiger partial charge in [-0.25, -0.2) is 0 Å². The number of rotatable bonds is 0. The largest absolute Gasteiger partial charge is 0.139 e. The fourth-order valence-corrected chi connectivity index (χ4v) is 4.71. The molecule has 0 bridgehead atoms. The summed E-state index contributed by atoms with van der Waals surface area (Å²) >= 11 is 1.99. The normalized spacial score (nSPS) is 16.5. The van der Waals surface area contributed by atoms with Crippen molar-refractivity contribution < 1.29 is 0 Å². The first-order valence-electron chi connectivity index (χ1n) is 8.22. The van der Waals surface area contributed by atoms with Crippen LogP contribution in [0.2, 0.25) is 0 Å². The third kappa shape index (κ3) is 2.25. The van der Waals surface area contributed by atoms with Crippen molar-refractivity contribution in [1.82, 2.24) is 0 Å². The first kappa shape index (κ1) is 15.8. The highest BCUT2D eigenvalue weighted by molar-refractivity contribution is 7.16. The molecule has 0 nitrogen and oxygen atoms in total. The minimum absolute atomic E-state index is 0.117. The molecule has 0 unspecified atom stereocenters. The Bertz CT molecular complexity index is 730. The van der Waals surface area contributed by atoms with Crippen LogP contribution in [0.5, 0.6) is 0 Å². The summed E-state index contributed by atoms with van der Waals surface area (Å²) in [6, 6.07) is 9.57. The molecule has 0 saturated carbocycles. The SMILES string of the molecule is CC(C)(C)c1ccc2c(c1)C(C)(C)c1cc(C(C)(C)C)sc1-2. The second kappa shape index (κ2) is 4.47. The molecule has 1 aromatic heterocycles. The van der Waals surface area contributed by atoms with Gasteiger partial charge in [-0.1, -0.05) is 73.6 Å². The van der Waals surface area contributed by atoms with Gasteiger partial charge in [0.1, 0.15) is 0 Å². The minimum Gasteiger partial charge on any atom is -0.139 e. The average Bonchev–Trinajstić information content (AvgIpc) is 2.88. The third-order valence-corrected chi connectivity index (χ3v) is 6.54. The van der Waals surface area contributed by atoms with Crippen LogP contribution in [0.4, 0.5) is 0 Å². The number of fused-ring (bicyclic) bond motifs is 3. The van der Waals surface area contributed by atoms with Crippen LogP contribution in [0.3, 0.4) is 0 Å². The van der Waals surface area contributed by atoms with Crippen molar-refractivity contribution in [3.8, 4) is 10.4 Å². The number of benzene rings is 1. The molecule has 3 rings (SSSR count). The van der Waals surface area contributed by atoms with Gasteiger partial charge in [0.25, 0.3) is 0 Å². The maximum atomic E-state index is 2.46. The molecule has 2 aromatic rings. The highest BCUT2D eigenvalue weighted by Gasteiger charge is 2.39. The van der Waals surface area contributed by atoms with E-state index >= 15 is 0 Å². The lowest BCUT2D eigenvalue weighted by Crippen LogP contribution is -2.18. The highest BCUT2D eigenvalue weighted by Crippen LogP contribution is 2.54. The smallest absolute Gasteiger partial charge is 0.0389 e. The lowest BCUT2D eigenvalue weighted by atomic mass is 9.78. The van der Waals surface area contributed by atoms with E-state index < -0.39 is 0 Å². The van der Waals surface area contributed by atoms with Crippen molar-refractivity contribution in [2.75, 3.05) is 0 Å². The zero-order valence-corrected chi connectivity index (χ0v) is 16.0. The summed E-state index contributed by atoms with van der Waals surface area (Å²) in [5.74, 6) is 0. The molecule has 1 heterocycles. The zero-order chi connectivity index (χ0) is 16.5. The van der Waals surface area contributed by atoms with Gasteiger partial charge in [-0.2, -0.15) is 0 Å². The number of hydrogen-bond donors (Lipinski definition) is 0. The van der Waals surface area contributed by atoms with Crippen molar-refractivity contribution in [3.05, 3.63) is 45.8 Å². The summed E-state index contributed by atoms with van der Waals surface area (Å²) in [6.07, 6.45) is 0. The fourth-order valence-electron chi connectivity index (χ4n) is 3.30. The second-order valence-corrected chi connectivity index (χ2v) is 10.3. The average molecular weight is 313 g/mol. The van der Waals surface area contributed by atoms with Crippen LogP contribution in [0.25, 0.3) is 10.4 Å². The van der Waals surface area contributed by atoms with Gasteiger partial charge < -0.3 is 0 Å². The standard InChI is InChI=1S/C21H28S/c1-19(2,3)13-9-10-14-15(11-13)21(7,8)16-12-17(20(4,5)6)22-18(14)16/h9-12H,1-8H3. The summed E-state index contributed by atoms with van der Waals surface area (Å²) in [4.78, 5) is 2.99. The Morgan fingerprint density at radius 1 is 0.818 bits per heavy atom. The fraction of sp³-hybridized carbons (Fsp3) is 0.524. The van der Waals surface area contributed by atoms with Crippen molar-refractivity contribution in [1.29, 1.82) is 0 Å². The van der Waals surface area contributed by atoms with Gasteiger partial charge in [-0.3, -0.25) is 0 Å². The summed E-state index contributed by atoms with van der Waals surface area (Å²) in [6.45, 7) is 18.6. The van der Waals surface area contributed by atoms with Crippen LogP contribution in [-0.4, -0.2) is 0 Å². The molecule has 118 valence electrons. The molecular weight excluding hydrogens is 284 g/mol. The topological polar surface area (TPSA) is 0 Å². The van der Waals surface area contributed by atoms with Gasteiger partial charge in [0, 0.05) is 15.2 Å².